The average molecular weight is 450 g/mol. The predicted octanol–water partition coefficient (Wildman–Crippen LogP) is 2.02. The lowest BCUT2D eigenvalue weighted by Gasteiger charge is -2.28. The summed E-state index contributed by atoms with van der Waals surface area (Å²) in [6.07, 6.45) is 1.86. The maximum Gasteiger partial charge on any atom is 0.243 e. The van der Waals surface area contributed by atoms with Gasteiger partial charge in [0.1, 0.15) is 17.5 Å². The van der Waals surface area contributed by atoms with E-state index in [-0.39, 0.29) is 17.7 Å². The fourth-order valence-corrected chi connectivity index (χ4v) is 3.41. The van der Waals surface area contributed by atoms with Crippen molar-refractivity contribution in [3.63, 3.8) is 0 Å². The van der Waals surface area contributed by atoms with E-state index in [0.717, 1.165) is 0 Å². The number of primary amides is 1. The van der Waals surface area contributed by atoms with Crippen molar-refractivity contribution in [2.24, 2.45) is 16.6 Å². The zero-order valence-electron chi connectivity index (χ0n) is 18.3. The molecule has 2 unspecified atom stereocenters. The number of ether oxygens (including phenoxy) is 2. The summed E-state index contributed by atoms with van der Waals surface area (Å²) in [6.45, 7) is 4.21. The average Bonchev–Trinajstić information content (AvgIpc) is 2.83. The third-order valence-electron chi connectivity index (χ3n) is 5.11. The Kier molecular flexibility index (Phi) is 7.80. The van der Waals surface area contributed by atoms with Gasteiger partial charge in [0, 0.05) is 24.7 Å². The Labute approximate surface area is 192 Å². The fourth-order valence-electron chi connectivity index (χ4n) is 3.41. The maximum absolute atomic E-state index is 12.3. The molecule has 0 radical (unpaired) electrons. The predicted molar refractivity (Wildman–Crippen MR) is 126 cm³/mol. The molecule has 0 bridgehead atoms. The van der Waals surface area contributed by atoms with Crippen molar-refractivity contribution in [2.45, 2.75) is 12.5 Å². The van der Waals surface area contributed by atoms with Gasteiger partial charge in [-0.25, -0.2) is 0 Å². The standard InChI is InChI=1S/C24H27N5O4/c1-3-20(30)28-14-16-11-12-27-24(29-16)21(23(26)31)22(25)15-9-10-18(19(13-15)32-2)33-17-7-5-4-6-8-17/h3-10,13,16,21,25H,1,11-12,14H2,2H3,(H2,26,31)(H,27,29)(H,28,30). The molecule has 9 heteroatoms. The largest absolute Gasteiger partial charge is 0.493 e. The molecule has 2 aromatic rings. The number of amides is 2. The number of amidine groups is 1. The van der Waals surface area contributed by atoms with Gasteiger partial charge in [-0.1, -0.05) is 24.8 Å². The van der Waals surface area contributed by atoms with Crippen molar-refractivity contribution in [3.05, 3.63) is 66.7 Å². The van der Waals surface area contributed by atoms with Gasteiger partial charge in [-0.2, -0.15) is 0 Å². The number of carbonyl (C=O) groups is 2. The molecule has 0 aliphatic carbocycles. The van der Waals surface area contributed by atoms with Crippen LogP contribution in [0.1, 0.15) is 12.0 Å². The van der Waals surface area contributed by atoms with Gasteiger partial charge in [-0.05, 0) is 42.8 Å². The summed E-state index contributed by atoms with van der Waals surface area (Å²) in [4.78, 5) is 28.2. The molecule has 5 N–H and O–H groups in total. The molecule has 2 atom stereocenters. The Morgan fingerprint density at radius 2 is 2.06 bits per heavy atom. The van der Waals surface area contributed by atoms with E-state index < -0.39 is 11.8 Å². The Hall–Kier alpha value is -4.14. The van der Waals surface area contributed by atoms with Crippen LogP contribution in [0.4, 0.5) is 0 Å². The van der Waals surface area contributed by atoms with Crippen molar-refractivity contribution in [3.8, 4) is 17.2 Å². The summed E-state index contributed by atoms with van der Waals surface area (Å²) in [6, 6.07) is 14.1. The minimum atomic E-state index is -1.08. The Morgan fingerprint density at radius 3 is 2.73 bits per heavy atom. The van der Waals surface area contributed by atoms with E-state index in [1.54, 1.807) is 18.2 Å². The number of nitrogens with one attached hydrogen (secondary N) is 3. The minimum Gasteiger partial charge on any atom is -0.493 e. The number of rotatable bonds is 10. The topological polar surface area (TPSA) is 139 Å². The van der Waals surface area contributed by atoms with Crippen LogP contribution < -0.4 is 25.8 Å². The second-order valence-electron chi connectivity index (χ2n) is 7.38. The SMILES string of the molecule is C=CC(=O)NCC1CCN=C(C(C(=N)c2ccc(Oc3ccccc3)c(OC)c2)C(N)=O)N1. The lowest BCUT2D eigenvalue weighted by molar-refractivity contribution is -0.118. The van der Waals surface area contributed by atoms with Gasteiger partial charge in [-0.3, -0.25) is 14.6 Å². The van der Waals surface area contributed by atoms with Gasteiger partial charge in [0.15, 0.2) is 11.5 Å². The molecule has 1 aliphatic heterocycles. The normalized spacial score (nSPS) is 15.9. The zero-order chi connectivity index (χ0) is 23.8. The van der Waals surface area contributed by atoms with Crippen molar-refractivity contribution in [1.82, 2.24) is 10.6 Å². The van der Waals surface area contributed by atoms with Gasteiger partial charge in [-0.15, -0.1) is 0 Å². The van der Waals surface area contributed by atoms with Crippen LogP contribution in [0.2, 0.25) is 0 Å². The summed E-state index contributed by atoms with van der Waals surface area (Å²) < 4.78 is 11.3. The smallest absolute Gasteiger partial charge is 0.243 e. The fraction of sp³-hybridized carbons (Fsp3) is 0.250. The highest BCUT2D eigenvalue weighted by atomic mass is 16.5. The Morgan fingerprint density at radius 1 is 1.30 bits per heavy atom. The molecule has 172 valence electrons. The molecule has 9 nitrogen and oxygen atoms in total. The quantitative estimate of drug-likeness (QED) is 0.325. The summed E-state index contributed by atoms with van der Waals surface area (Å²) >= 11 is 0. The molecule has 1 aliphatic rings. The first-order valence-corrected chi connectivity index (χ1v) is 10.4. The van der Waals surface area contributed by atoms with E-state index in [1.807, 2.05) is 30.3 Å². The molecular formula is C24H27N5O4. The lowest BCUT2D eigenvalue weighted by atomic mass is 9.93. The summed E-state index contributed by atoms with van der Waals surface area (Å²) in [5.74, 6) is -0.233. The molecule has 0 aromatic heterocycles. The van der Waals surface area contributed by atoms with Crippen molar-refractivity contribution in [2.75, 3.05) is 20.2 Å². The number of para-hydroxylation sites is 1. The number of methoxy groups -OCH3 is 1. The van der Waals surface area contributed by atoms with Gasteiger partial charge in [0.2, 0.25) is 11.8 Å². The highest BCUT2D eigenvalue weighted by molar-refractivity contribution is 6.25. The zero-order valence-corrected chi connectivity index (χ0v) is 18.3. The Bertz CT molecular complexity index is 1070. The molecule has 2 aromatic carbocycles. The third kappa shape index (κ3) is 5.97. The molecule has 3 rings (SSSR count). The van der Waals surface area contributed by atoms with Crippen molar-refractivity contribution >= 4 is 23.4 Å². The van der Waals surface area contributed by atoms with Crippen LogP contribution in [0.15, 0.2) is 66.2 Å². The molecule has 1 heterocycles. The second kappa shape index (κ2) is 10.9. The van der Waals surface area contributed by atoms with Crippen LogP contribution in [0.25, 0.3) is 0 Å². The van der Waals surface area contributed by atoms with E-state index in [1.165, 1.54) is 13.2 Å². The first kappa shape index (κ1) is 23.5. The van der Waals surface area contributed by atoms with E-state index in [2.05, 4.69) is 22.2 Å². The molecule has 0 spiro atoms. The number of carbonyl (C=O) groups excluding carboxylic acids is 2. The molecular weight excluding hydrogens is 422 g/mol. The number of hydrogen-bond donors (Lipinski definition) is 4. The van der Waals surface area contributed by atoms with Crippen LogP contribution in [-0.2, 0) is 9.59 Å². The highest BCUT2D eigenvalue weighted by Crippen LogP contribution is 2.33. The Balaban J connectivity index is 1.79. The third-order valence-corrected chi connectivity index (χ3v) is 5.11. The first-order chi connectivity index (χ1) is 15.9. The van der Waals surface area contributed by atoms with Crippen LogP contribution in [-0.4, -0.2) is 49.6 Å². The minimum absolute atomic E-state index is 0.0194. The van der Waals surface area contributed by atoms with Crippen LogP contribution in [0.5, 0.6) is 17.2 Å². The summed E-state index contributed by atoms with van der Waals surface area (Å²) in [5.41, 5.74) is 6.09. The van der Waals surface area contributed by atoms with E-state index in [9.17, 15) is 9.59 Å². The number of nitrogens with two attached hydrogens (primary N) is 1. The van der Waals surface area contributed by atoms with Crippen LogP contribution in [0.3, 0.4) is 0 Å². The lowest BCUT2D eigenvalue weighted by Crippen LogP contribution is -2.52. The number of nitrogens with zero attached hydrogens (tertiary/aromatic N) is 1. The molecule has 33 heavy (non-hydrogen) atoms. The molecule has 0 fully saturated rings. The maximum atomic E-state index is 12.3. The van der Waals surface area contributed by atoms with Gasteiger partial charge in [0.05, 0.1) is 12.8 Å². The number of aliphatic imine (C=N–C) groups is 1. The summed E-state index contributed by atoms with van der Waals surface area (Å²) in [5, 5.41) is 14.5. The number of benzene rings is 2. The van der Waals surface area contributed by atoms with Crippen molar-refractivity contribution in [1.29, 1.82) is 5.41 Å². The van der Waals surface area contributed by atoms with Gasteiger partial charge < -0.3 is 31.3 Å². The van der Waals surface area contributed by atoms with E-state index in [4.69, 9.17) is 20.6 Å². The van der Waals surface area contributed by atoms with Gasteiger partial charge >= 0.3 is 0 Å². The second-order valence-corrected chi connectivity index (χ2v) is 7.38. The van der Waals surface area contributed by atoms with E-state index >= 15 is 0 Å². The number of hydrogen-bond acceptors (Lipinski definition) is 7. The van der Waals surface area contributed by atoms with Crippen LogP contribution >= 0.6 is 0 Å². The summed E-state index contributed by atoms with van der Waals surface area (Å²) in [7, 11) is 1.50. The van der Waals surface area contributed by atoms with E-state index in [0.29, 0.717) is 48.2 Å². The molecule has 0 saturated heterocycles. The molecule has 0 saturated carbocycles. The highest BCUT2D eigenvalue weighted by Gasteiger charge is 2.31. The first-order valence-electron chi connectivity index (χ1n) is 10.4. The molecule has 2 amide bonds. The monoisotopic (exact) mass is 449 g/mol. The van der Waals surface area contributed by atoms with Gasteiger partial charge in [0.25, 0.3) is 0 Å². The van der Waals surface area contributed by atoms with Crippen LogP contribution in [0, 0.1) is 11.3 Å². The van der Waals surface area contributed by atoms with Crippen molar-refractivity contribution < 1.29 is 19.1 Å².